The van der Waals surface area contributed by atoms with Gasteiger partial charge in [-0.25, -0.2) is 4.79 Å². The van der Waals surface area contributed by atoms with Crippen molar-refractivity contribution in [3.63, 3.8) is 0 Å². The first-order valence-electron chi connectivity index (χ1n) is 9.19. The number of rotatable bonds is 3. The van der Waals surface area contributed by atoms with E-state index < -0.39 is 12.1 Å². The van der Waals surface area contributed by atoms with Gasteiger partial charge in [0.25, 0.3) is 5.91 Å². The Morgan fingerprint density at radius 1 is 1.18 bits per heavy atom. The van der Waals surface area contributed by atoms with Gasteiger partial charge in [0.15, 0.2) is 6.10 Å². The van der Waals surface area contributed by atoms with E-state index in [0.29, 0.717) is 29.3 Å². The van der Waals surface area contributed by atoms with Crippen molar-refractivity contribution in [2.45, 2.75) is 32.9 Å². The molecule has 5 nitrogen and oxygen atoms in total. The summed E-state index contributed by atoms with van der Waals surface area (Å²) in [6.07, 6.45) is -0.0968. The molecule has 1 amide bonds. The summed E-state index contributed by atoms with van der Waals surface area (Å²) in [6.45, 7) is 4.50. The number of amides is 1. The number of carbonyl (C=O) groups excluding carboxylic acids is 2. The van der Waals surface area contributed by atoms with Gasteiger partial charge >= 0.3 is 5.97 Å². The Kier molecular flexibility index (Phi) is 4.85. The van der Waals surface area contributed by atoms with Crippen LogP contribution in [0.2, 0.25) is 5.02 Å². The van der Waals surface area contributed by atoms with Gasteiger partial charge in [-0.15, -0.1) is 0 Å². The molecule has 2 aromatic carbocycles. The molecule has 0 N–H and O–H groups in total. The van der Waals surface area contributed by atoms with Crippen molar-refractivity contribution in [3.8, 4) is 0 Å². The van der Waals surface area contributed by atoms with Crippen LogP contribution in [0.1, 0.15) is 34.2 Å². The lowest BCUT2D eigenvalue weighted by atomic mass is 9.99. The maximum atomic E-state index is 12.8. The molecular formula is C22H20ClNO4. The summed E-state index contributed by atoms with van der Waals surface area (Å²) in [5.41, 5.74) is 3.59. The number of furan rings is 1. The fraction of sp³-hybridized carbons (Fsp3) is 0.273. The van der Waals surface area contributed by atoms with E-state index >= 15 is 0 Å². The average Bonchev–Trinajstić information content (AvgIpc) is 3.03. The van der Waals surface area contributed by atoms with Crippen LogP contribution in [0.25, 0.3) is 11.0 Å². The molecule has 0 unspecified atom stereocenters. The maximum absolute atomic E-state index is 12.8. The molecule has 0 bridgehead atoms. The Morgan fingerprint density at radius 3 is 2.71 bits per heavy atom. The van der Waals surface area contributed by atoms with Crippen LogP contribution in [0.4, 0.5) is 0 Å². The molecule has 1 aliphatic heterocycles. The number of aryl methyl sites for hydroxylation is 1. The highest BCUT2D eigenvalue weighted by Gasteiger charge is 2.29. The van der Waals surface area contributed by atoms with E-state index in [1.807, 2.05) is 18.2 Å². The first-order chi connectivity index (χ1) is 13.4. The third-order valence-electron chi connectivity index (χ3n) is 5.16. The van der Waals surface area contributed by atoms with E-state index in [9.17, 15) is 9.59 Å². The third kappa shape index (κ3) is 3.38. The topological polar surface area (TPSA) is 59.8 Å². The predicted molar refractivity (Wildman–Crippen MR) is 106 cm³/mol. The molecule has 1 aliphatic rings. The van der Waals surface area contributed by atoms with Crippen LogP contribution in [0, 0.1) is 6.92 Å². The molecular weight excluding hydrogens is 378 g/mol. The molecule has 4 rings (SSSR count). The molecule has 0 fully saturated rings. The van der Waals surface area contributed by atoms with Gasteiger partial charge in [0.1, 0.15) is 5.58 Å². The molecule has 0 aliphatic carbocycles. The fourth-order valence-electron chi connectivity index (χ4n) is 3.59. The number of ether oxygens (including phenoxy) is 1. The van der Waals surface area contributed by atoms with Gasteiger partial charge in [-0.1, -0.05) is 35.9 Å². The van der Waals surface area contributed by atoms with Crippen molar-refractivity contribution in [3.05, 3.63) is 69.9 Å². The first-order valence-corrected chi connectivity index (χ1v) is 9.57. The number of halogens is 1. The zero-order valence-electron chi connectivity index (χ0n) is 15.7. The van der Waals surface area contributed by atoms with Crippen LogP contribution in [0.3, 0.4) is 0 Å². The molecule has 144 valence electrons. The number of nitrogens with zero attached hydrogens (tertiary/aromatic N) is 1. The summed E-state index contributed by atoms with van der Waals surface area (Å²) < 4.78 is 11.1. The molecule has 0 spiro atoms. The lowest BCUT2D eigenvalue weighted by Crippen LogP contribution is -2.42. The van der Waals surface area contributed by atoms with Crippen LogP contribution in [0.15, 0.2) is 46.9 Å². The molecule has 3 aromatic rings. The Hall–Kier alpha value is -2.79. The minimum Gasteiger partial charge on any atom is -0.449 e. The summed E-state index contributed by atoms with van der Waals surface area (Å²) in [5.74, 6) is -0.761. The van der Waals surface area contributed by atoms with Crippen molar-refractivity contribution in [2.24, 2.45) is 0 Å². The average molecular weight is 398 g/mol. The smallest absolute Gasteiger partial charge is 0.375 e. The first kappa shape index (κ1) is 18.6. The SMILES string of the molecule is Cc1c(C(=O)O[C@H](C)C(=O)N2CCc3ccccc3C2)oc2ccc(Cl)cc12. The van der Waals surface area contributed by atoms with Crippen molar-refractivity contribution < 1.29 is 18.7 Å². The second kappa shape index (κ2) is 7.32. The fourth-order valence-corrected chi connectivity index (χ4v) is 3.77. The minimum absolute atomic E-state index is 0.0981. The van der Waals surface area contributed by atoms with Gasteiger partial charge in [-0.3, -0.25) is 4.79 Å². The molecule has 1 aromatic heterocycles. The predicted octanol–water partition coefficient (Wildman–Crippen LogP) is 4.52. The molecule has 2 heterocycles. The number of hydrogen-bond acceptors (Lipinski definition) is 4. The van der Waals surface area contributed by atoms with Crippen molar-refractivity contribution in [2.75, 3.05) is 6.54 Å². The largest absolute Gasteiger partial charge is 0.449 e. The second-order valence-electron chi connectivity index (χ2n) is 7.02. The van der Waals surface area contributed by atoms with E-state index in [1.54, 1.807) is 36.9 Å². The van der Waals surface area contributed by atoms with Gasteiger partial charge < -0.3 is 14.1 Å². The summed E-state index contributed by atoms with van der Waals surface area (Å²) >= 11 is 6.02. The molecule has 28 heavy (non-hydrogen) atoms. The summed E-state index contributed by atoms with van der Waals surface area (Å²) in [6, 6.07) is 13.2. The van der Waals surface area contributed by atoms with Crippen LogP contribution >= 0.6 is 11.6 Å². The molecule has 1 atom stereocenters. The lowest BCUT2D eigenvalue weighted by molar-refractivity contribution is -0.140. The molecule has 6 heteroatoms. The van der Waals surface area contributed by atoms with E-state index in [4.69, 9.17) is 20.8 Å². The lowest BCUT2D eigenvalue weighted by Gasteiger charge is -2.30. The van der Waals surface area contributed by atoms with Gasteiger partial charge in [-0.2, -0.15) is 0 Å². The number of benzene rings is 2. The van der Waals surface area contributed by atoms with Crippen LogP contribution in [-0.4, -0.2) is 29.4 Å². The van der Waals surface area contributed by atoms with Gasteiger partial charge in [0.2, 0.25) is 5.76 Å². The van der Waals surface area contributed by atoms with Crippen LogP contribution in [0.5, 0.6) is 0 Å². The highest BCUT2D eigenvalue weighted by molar-refractivity contribution is 6.31. The van der Waals surface area contributed by atoms with Gasteiger partial charge in [-0.05, 0) is 49.6 Å². The highest BCUT2D eigenvalue weighted by Crippen LogP contribution is 2.28. The molecule has 0 saturated heterocycles. The van der Waals surface area contributed by atoms with Crippen LogP contribution in [-0.2, 0) is 22.5 Å². The highest BCUT2D eigenvalue weighted by atomic mass is 35.5. The number of fused-ring (bicyclic) bond motifs is 2. The van der Waals surface area contributed by atoms with Gasteiger partial charge in [0, 0.05) is 29.1 Å². The van der Waals surface area contributed by atoms with Gasteiger partial charge in [0.05, 0.1) is 0 Å². The van der Waals surface area contributed by atoms with Crippen LogP contribution < -0.4 is 0 Å². The monoisotopic (exact) mass is 397 g/mol. The summed E-state index contributed by atoms with van der Waals surface area (Å²) in [5, 5.41) is 1.32. The van der Waals surface area contributed by atoms with E-state index in [-0.39, 0.29) is 11.7 Å². The number of hydrogen-bond donors (Lipinski definition) is 0. The Balaban J connectivity index is 1.48. The number of esters is 1. The molecule has 0 radical (unpaired) electrons. The third-order valence-corrected chi connectivity index (χ3v) is 5.39. The Bertz CT molecular complexity index is 1070. The normalized spacial score (nSPS) is 14.6. The zero-order valence-corrected chi connectivity index (χ0v) is 16.5. The van der Waals surface area contributed by atoms with Crippen molar-refractivity contribution >= 4 is 34.4 Å². The Morgan fingerprint density at radius 2 is 1.93 bits per heavy atom. The quantitative estimate of drug-likeness (QED) is 0.609. The minimum atomic E-state index is -0.894. The standard InChI is InChI=1S/C22H20ClNO4/c1-13-18-11-17(23)7-8-19(18)28-20(13)22(26)27-14(2)21(25)24-10-9-15-5-3-4-6-16(15)12-24/h3-8,11,14H,9-10,12H2,1-2H3/t14-/m1/s1. The summed E-state index contributed by atoms with van der Waals surface area (Å²) in [4.78, 5) is 27.1. The zero-order chi connectivity index (χ0) is 19.8. The Labute approximate surface area is 167 Å². The van der Waals surface area contributed by atoms with E-state index in [2.05, 4.69) is 6.07 Å². The number of carbonyl (C=O) groups is 2. The van der Waals surface area contributed by atoms with E-state index in [0.717, 1.165) is 17.4 Å². The molecule has 0 saturated carbocycles. The maximum Gasteiger partial charge on any atom is 0.375 e. The summed E-state index contributed by atoms with van der Waals surface area (Å²) in [7, 11) is 0. The van der Waals surface area contributed by atoms with Crippen molar-refractivity contribution in [1.29, 1.82) is 0 Å². The van der Waals surface area contributed by atoms with Crippen molar-refractivity contribution in [1.82, 2.24) is 4.90 Å². The van der Waals surface area contributed by atoms with E-state index in [1.165, 1.54) is 5.56 Å². The second-order valence-corrected chi connectivity index (χ2v) is 7.46.